The molecule has 1 heterocycles. The zero-order chi connectivity index (χ0) is 16.6. The van der Waals surface area contributed by atoms with E-state index in [-0.39, 0.29) is 17.2 Å². The summed E-state index contributed by atoms with van der Waals surface area (Å²) in [6, 6.07) is 7.28. The van der Waals surface area contributed by atoms with Crippen molar-refractivity contribution in [3.63, 3.8) is 0 Å². The van der Waals surface area contributed by atoms with Crippen molar-refractivity contribution in [2.75, 3.05) is 7.11 Å². The second-order valence-electron chi connectivity index (χ2n) is 6.76. The minimum atomic E-state index is -0.341. The Morgan fingerprint density at radius 3 is 2.61 bits per heavy atom. The highest BCUT2D eigenvalue weighted by Gasteiger charge is 2.39. The van der Waals surface area contributed by atoms with Crippen LogP contribution in [0.3, 0.4) is 0 Å². The van der Waals surface area contributed by atoms with Crippen LogP contribution >= 0.6 is 0 Å². The lowest BCUT2D eigenvalue weighted by Crippen LogP contribution is -2.47. The van der Waals surface area contributed by atoms with Gasteiger partial charge in [-0.3, -0.25) is 10.2 Å². The van der Waals surface area contributed by atoms with Crippen LogP contribution in [0, 0.1) is 5.41 Å². The lowest BCUT2D eigenvalue weighted by atomic mass is 9.73. The Morgan fingerprint density at radius 1 is 1.30 bits per heavy atom. The number of benzene rings is 1. The maximum absolute atomic E-state index is 12.7. The summed E-state index contributed by atoms with van der Waals surface area (Å²) in [4.78, 5) is 17.3. The molecular weight excluding hydrogens is 292 g/mol. The van der Waals surface area contributed by atoms with Crippen LogP contribution in [0.2, 0.25) is 0 Å². The van der Waals surface area contributed by atoms with E-state index in [1.54, 1.807) is 7.11 Å². The average molecular weight is 314 g/mol. The van der Waals surface area contributed by atoms with Crippen LogP contribution in [0.25, 0.3) is 0 Å². The molecule has 6 nitrogen and oxygen atoms in total. The third kappa shape index (κ3) is 2.94. The first-order valence-electron chi connectivity index (χ1n) is 7.65. The van der Waals surface area contributed by atoms with Crippen molar-refractivity contribution in [2.24, 2.45) is 16.3 Å². The van der Waals surface area contributed by atoms with Gasteiger partial charge >= 0.3 is 0 Å². The molecule has 1 unspecified atom stereocenters. The fraction of sp³-hybridized carbons (Fsp3) is 0.412. The Morgan fingerprint density at radius 2 is 2.00 bits per heavy atom. The van der Waals surface area contributed by atoms with E-state index in [0.717, 1.165) is 29.0 Å². The summed E-state index contributed by atoms with van der Waals surface area (Å²) in [5, 5.41) is 3.16. The lowest BCUT2D eigenvalue weighted by molar-refractivity contribution is -0.118. The molecule has 0 radical (unpaired) electrons. The minimum absolute atomic E-state index is 0.0651. The second kappa shape index (κ2) is 5.70. The predicted molar refractivity (Wildman–Crippen MR) is 88.7 cm³/mol. The smallest absolute Gasteiger partial charge is 0.210 e. The van der Waals surface area contributed by atoms with Gasteiger partial charge in [0.2, 0.25) is 5.96 Å². The molecule has 1 aliphatic heterocycles. The van der Waals surface area contributed by atoms with Crippen molar-refractivity contribution < 1.29 is 9.53 Å². The number of nitrogens with one attached hydrogen (secondary N) is 2. The van der Waals surface area contributed by atoms with Crippen molar-refractivity contribution in [1.29, 1.82) is 0 Å². The number of guanidine groups is 1. The number of hydrazine groups is 1. The maximum Gasteiger partial charge on any atom is 0.210 e. The normalized spacial score (nSPS) is 22.9. The van der Waals surface area contributed by atoms with Gasteiger partial charge in [0.25, 0.3) is 0 Å². The fourth-order valence-electron chi connectivity index (χ4n) is 3.23. The van der Waals surface area contributed by atoms with Gasteiger partial charge in [-0.25, -0.2) is 10.8 Å². The Balaban J connectivity index is 2.04. The Kier molecular flexibility index (Phi) is 3.85. The first-order valence-corrected chi connectivity index (χ1v) is 7.65. The molecule has 4 N–H and O–H groups in total. The number of carbonyl (C=O) groups is 1. The van der Waals surface area contributed by atoms with E-state index in [2.05, 4.69) is 29.6 Å². The molecule has 122 valence electrons. The Labute approximate surface area is 135 Å². The van der Waals surface area contributed by atoms with Crippen molar-refractivity contribution >= 4 is 11.7 Å². The molecule has 0 fully saturated rings. The number of methoxy groups -OCH3 is 1. The number of hydrogen-bond acceptors (Lipinski definition) is 6. The van der Waals surface area contributed by atoms with Crippen LogP contribution in [0.5, 0.6) is 5.75 Å². The molecule has 0 aromatic heterocycles. The molecule has 3 rings (SSSR count). The van der Waals surface area contributed by atoms with Crippen LogP contribution < -0.4 is 21.3 Å². The fourth-order valence-corrected chi connectivity index (χ4v) is 3.23. The minimum Gasteiger partial charge on any atom is -0.497 e. The molecule has 0 saturated carbocycles. The molecule has 1 aromatic carbocycles. The van der Waals surface area contributed by atoms with Gasteiger partial charge in [0.05, 0.1) is 7.11 Å². The number of ether oxygens (including phenoxy) is 1. The van der Waals surface area contributed by atoms with Crippen LogP contribution in [0.1, 0.15) is 38.3 Å². The standard InChI is InChI=1S/C17H22N4O2/c1-17(2)8-12-14(13(22)9-17)15(20-16(19-12)21-18)10-4-6-11(23-3)7-5-10/h4-7,15H,8-9,18H2,1-3H3,(H2,19,20,21). The number of allylic oxidation sites excluding steroid dienone is 1. The molecule has 6 heteroatoms. The summed E-state index contributed by atoms with van der Waals surface area (Å²) in [5.41, 5.74) is 5.11. The number of rotatable bonds is 2. The highest BCUT2D eigenvalue weighted by atomic mass is 16.5. The topological polar surface area (TPSA) is 88.7 Å². The molecule has 1 aromatic rings. The van der Waals surface area contributed by atoms with Crippen LogP contribution in [0.4, 0.5) is 0 Å². The Hall–Kier alpha value is -2.34. The van der Waals surface area contributed by atoms with E-state index in [9.17, 15) is 4.79 Å². The number of nitrogens with two attached hydrogens (primary N) is 1. The van der Waals surface area contributed by atoms with Crippen LogP contribution in [-0.2, 0) is 4.79 Å². The largest absolute Gasteiger partial charge is 0.497 e. The van der Waals surface area contributed by atoms with Crippen molar-refractivity contribution in [3.05, 3.63) is 41.1 Å². The SMILES string of the molecule is COc1ccc(C2N=C(NN)NC3=C2C(=O)CC(C)(C)C3)cc1. The number of ketones is 1. The average Bonchev–Trinajstić information content (AvgIpc) is 2.52. The predicted octanol–water partition coefficient (Wildman–Crippen LogP) is 1.80. The van der Waals surface area contributed by atoms with Gasteiger partial charge < -0.3 is 10.1 Å². The molecule has 23 heavy (non-hydrogen) atoms. The molecule has 1 aliphatic carbocycles. The number of nitrogens with zero attached hydrogens (tertiary/aromatic N) is 1. The molecule has 1 atom stereocenters. The van der Waals surface area contributed by atoms with E-state index in [4.69, 9.17) is 10.6 Å². The first kappa shape index (κ1) is 15.6. The third-order valence-corrected chi connectivity index (χ3v) is 4.29. The van der Waals surface area contributed by atoms with Crippen molar-refractivity contribution in [3.8, 4) is 5.75 Å². The summed E-state index contributed by atoms with van der Waals surface area (Å²) in [7, 11) is 1.63. The van der Waals surface area contributed by atoms with Gasteiger partial charge in [0.15, 0.2) is 5.78 Å². The third-order valence-electron chi connectivity index (χ3n) is 4.29. The van der Waals surface area contributed by atoms with Crippen molar-refractivity contribution in [1.82, 2.24) is 10.7 Å². The molecular formula is C17H22N4O2. The number of aliphatic imine (C=N–C) groups is 1. The van der Waals surface area contributed by atoms with Gasteiger partial charge in [-0.2, -0.15) is 0 Å². The summed E-state index contributed by atoms with van der Waals surface area (Å²) < 4.78 is 5.19. The van der Waals surface area contributed by atoms with Crippen molar-refractivity contribution in [2.45, 2.75) is 32.7 Å². The zero-order valence-electron chi connectivity index (χ0n) is 13.6. The molecule has 2 aliphatic rings. The zero-order valence-corrected chi connectivity index (χ0v) is 13.6. The molecule has 0 amide bonds. The number of carbonyl (C=O) groups excluding carboxylic acids is 1. The number of hydrogen-bond donors (Lipinski definition) is 3. The highest BCUT2D eigenvalue weighted by Crippen LogP contribution is 2.42. The monoisotopic (exact) mass is 314 g/mol. The molecule has 0 spiro atoms. The van der Waals surface area contributed by atoms with E-state index in [0.29, 0.717) is 12.4 Å². The molecule has 0 saturated heterocycles. The lowest BCUT2D eigenvalue weighted by Gasteiger charge is -2.37. The Bertz CT molecular complexity index is 689. The second-order valence-corrected chi connectivity index (χ2v) is 6.76. The van der Waals surface area contributed by atoms with E-state index in [1.165, 1.54) is 0 Å². The maximum atomic E-state index is 12.7. The van der Waals surface area contributed by atoms with Gasteiger partial charge in [-0.05, 0) is 29.5 Å². The molecule has 0 bridgehead atoms. The van der Waals surface area contributed by atoms with E-state index >= 15 is 0 Å². The van der Waals surface area contributed by atoms with Crippen LogP contribution in [0.15, 0.2) is 40.5 Å². The van der Waals surface area contributed by atoms with E-state index in [1.807, 2.05) is 24.3 Å². The first-order chi connectivity index (χ1) is 10.9. The number of Topliss-reactive ketones (excluding diaryl/α,β-unsaturated/α-hetero) is 1. The van der Waals surface area contributed by atoms with Gasteiger partial charge in [-0.1, -0.05) is 26.0 Å². The summed E-state index contributed by atoms with van der Waals surface area (Å²) >= 11 is 0. The van der Waals surface area contributed by atoms with Gasteiger partial charge in [0, 0.05) is 17.7 Å². The summed E-state index contributed by atoms with van der Waals surface area (Å²) in [6.45, 7) is 4.19. The van der Waals surface area contributed by atoms with Gasteiger partial charge in [0.1, 0.15) is 11.8 Å². The quantitative estimate of drug-likeness (QED) is 0.572. The van der Waals surface area contributed by atoms with Crippen LogP contribution in [-0.4, -0.2) is 18.9 Å². The summed E-state index contributed by atoms with van der Waals surface area (Å²) in [6.07, 6.45) is 1.32. The summed E-state index contributed by atoms with van der Waals surface area (Å²) in [5.74, 6) is 6.94. The highest BCUT2D eigenvalue weighted by molar-refractivity contribution is 6.01. The van der Waals surface area contributed by atoms with E-state index < -0.39 is 0 Å². The van der Waals surface area contributed by atoms with Gasteiger partial charge in [-0.15, -0.1) is 0 Å².